The van der Waals surface area contributed by atoms with Crippen LogP contribution in [0.5, 0.6) is 0 Å². The monoisotopic (exact) mass is 148 g/mol. The van der Waals surface area contributed by atoms with E-state index < -0.39 is 0 Å². The van der Waals surface area contributed by atoms with Crippen LogP contribution < -0.4 is 11.7 Å². The van der Waals surface area contributed by atoms with Gasteiger partial charge in [0.15, 0.2) is 0 Å². The normalized spacial score (nSPS) is 11.8. The second-order valence-electron chi connectivity index (χ2n) is 2.31. The second kappa shape index (κ2) is 3.91. The Morgan fingerprint density at radius 2 is 1.82 bits per heavy atom. The topological polar surface area (TPSA) is 52.0 Å². The quantitative estimate of drug-likeness (QED) is 0.427. The molecule has 0 aromatic heterocycles. The molecule has 0 amide bonds. The van der Waals surface area contributed by atoms with Gasteiger partial charge in [0.1, 0.15) is 0 Å². The van der Waals surface area contributed by atoms with Crippen LogP contribution in [0.15, 0.2) is 30.3 Å². The Labute approximate surface area is 66.5 Å². The summed E-state index contributed by atoms with van der Waals surface area (Å²) in [4.78, 5) is 0. The third-order valence-electron chi connectivity index (χ3n) is 1.69. The van der Waals surface area contributed by atoms with E-state index in [1.54, 1.807) is 0 Å². The molecule has 0 spiro atoms. The molecular formula is C9H12N2. The third-order valence-corrected chi connectivity index (χ3v) is 1.69. The molecule has 1 aliphatic carbocycles. The first-order chi connectivity index (χ1) is 5.47. The Morgan fingerprint density at radius 1 is 1.09 bits per heavy atom. The maximum Gasteiger partial charge on any atom is -0.00882 e. The molecule has 11 heavy (non-hydrogen) atoms. The number of hydrogen-bond donors (Lipinski definition) is 2. The van der Waals surface area contributed by atoms with Gasteiger partial charge in [0.2, 0.25) is 0 Å². The average Bonchev–Trinajstić information content (AvgIpc) is 2.55. The number of rotatable bonds is 0. The van der Waals surface area contributed by atoms with Crippen molar-refractivity contribution in [1.82, 2.24) is 0 Å². The molecule has 1 aromatic carbocycles. The van der Waals surface area contributed by atoms with Gasteiger partial charge in [0.05, 0.1) is 0 Å². The van der Waals surface area contributed by atoms with Crippen LogP contribution in [0.2, 0.25) is 0 Å². The van der Waals surface area contributed by atoms with Crippen LogP contribution in [0.25, 0.3) is 6.08 Å². The highest BCUT2D eigenvalue weighted by atomic mass is 15.0. The summed E-state index contributed by atoms with van der Waals surface area (Å²) in [7, 11) is 0. The lowest BCUT2D eigenvalue weighted by molar-refractivity contribution is 1.26. The Kier molecular flexibility index (Phi) is 2.83. The van der Waals surface area contributed by atoms with Crippen molar-refractivity contribution in [2.24, 2.45) is 11.7 Å². The van der Waals surface area contributed by atoms with Crippen LogP contribution in [0, 0.1) is 0 Å². The van der Waals surface area contributed by atoms with E-state index in [2.05, 4.69) is 48.1 Å². The standard InChI is InChI=1S/C9H8.H4N2/c1-2-5-9-7-3-6-8(9)4-1;1-2/h1-6H,7H2;1-2H2. The van der Waals surface area contributed by atoms with E-state index in [9.17, 15) is 0 Å². The van der Waals surface area contributed by atoms with Gasteiger partial charge in [-0.2, -0.15) is 0 Å². The summed E-state index contributed by atoms with van der Waals surface area (Å²) in [6, 6.07) is 8.49. The first-order valence-electron chi connectivity index (χ1n) is 3.54. The van der Waals surface area contributed by atoms with Gasteiger partial charge in [-0.3, -0.25) is 11.7 Å². The Balaban J connectivity index is 0.000000281. The van der Waals surface area contributed by atoms with E-state index in [4.69, 9.17) is 0 Å². The highest BCUT2D eigenvalue weighted by Crippen LogP contribution is 2.17. The summed E-state index contributed by atoms with van der Waals surface area (Å²) in [5.41, 5.74) is 2.84. The molecule has 1 aliphatic rings. The summed E-state index contributed by atoms with van der Waals surface area (Å²) in [5.74, 6) is 8.00. The SMILES string of the molecule is C1=Cc2ccccc2C1.NN. The maximum atomic E-state index is 4.00. The molecule has 4 N–H and O–H groups in total. The zero-order valence-electron chi connectivity index (χ0n) is 6.33. The molecule has 0 fully saturated rings. The molecule has 0 unspecified atom stereocenters. The number of benzene rings is 1. The number of hydrazine groups is 1. The smallest absolute Gasteiger partial charge is 0.00882 e. The van der Waals surface area contributed by atoms with Crippen molar-refractivity contribution in [3.05, 3.63) is 41.5 Å². The van der Waals surface area contributed by atoms with Crippen LogP contribution in [-0.4, -0.2) is 0 Å². The fourth-order valence-corrected chi connectivity index (χ4v) is 1.20. The van der Waals surface area contributed by atoms with E-state index in [1.807, 2.05) is 0 Å². The summed E-state index contributed by atoms with van der Waals surface area (Å²) >= 11 is 0. The summed E-state index contributed by atoms with van der Waals surface area (Å²) in [5, 5.41) is 0. The minimum absolute atomic E-state index is 1.12. The zero-order chi connectivity index (χ0) is 8.10. The Bertz CT molecular complexity index is 253. The van der Waals surface area contributed by atoms with Crippen molar-refractivity contribution < 1.29 is 0 Å². The third kappa shape index (κ3) is 1.67. The lowest BCUT2D eigenvalue weighted by Crippen LogP contribution is -2.02. The second-order valence-corrected chi connectivity index (χ2v) is 2.31. The number of hydrogen-bond acceptors (Lipinski definition) is 2. The maximum absolute atomic E-state index is 4.00. The van der Waals surface area contributed by atoms with Crippen molar-refractivity contribution in [2.75, 3.05) is 0 Å². The molecule has 2 rings (SSSR count). The minimum Gasteiger partial charge on any atom is -0.274 e. The lowest BCUT2D eigenvalue weighted by Gasteiger charge is -1.93. The number of allylic oxidation sites excluding steroid dienone is 1. The van der Waals surface area contributed by atoms with Gasteiger partial charge in [-0.25, -0.2) is 0 Å². The Hall–Kier alpha value is -1.12. The minimum atomic E-state index is 1.12. The van der Waals surface area contributed by atoms with Crippen molar-refractivity contribution in [2.45, 2.75) is 6.42 Å². The van der Waals surface area contributed by atoms with E-state index in [1.165, 1.54) is 11.1 Å². The molecule has 0 atom stereocenters. The first kappa shape index (κ1) is 7.98. The van der Waals surface area contributed by atoms with Crippen molar-refractivity contribution in [3.63, 3.8) is 0 Å². The molecule has 1 aromatic rings. The van der Waals surface area contributed by atoms with Crippen molar-refractivity contribution >= 4 is 6.08 Å². The van der Waals surface area contributed by atoms with Gasteiger partial charge < -0.3 is 0 Å². The van der Waals surface area contributed by atoms with Gasteiger partial charge >= 0.3 is 0 Å². The number of nitrogens with two attached hydrogens (primary N) is 2. The largest absolute Gasteiger partial charge is 0.274 e. The lowest BCUT2D eigenvalue weighted by atomic mass is 10.1. The molecule has 2 nitrogen and oxygen atoms in total. The molecule has 58 valence electrons. The van der Waals surface area contributed by atoms with Gasteiger partial charge in [-0.05, 0) is 17.5 Å². The van der Waals surface area contributed by atoms with Gasteiger partial charge in [-0.1, -0.05) is 36.4 Å². The van der Waals surface area contributed by atoms with Crippen LogP contribution >= 0.6 is 0 Å². The summed E-state index contributed by atoms with van der Waals surface area (Å²) in [6.07, 6.45) is 5.50. The first-order valence-corrected chi connectivity index (χ1v) is 3.54. The molecule has 0 aliphatic heterocycles. The molecule has 0 saturated carbocycles. The summed E-state index contributed by atoms with van der Waals surface area (Å²) < 4.78 is 0. The van der Waals surface area contributed by atoms with E-state index in [-0.39, 0.29) is 0 Å². The van der Waals surface area contributed by atoms with Crippen molar-refractivity contribution in [1.29, 1.82) is 0 Å². The number of fused-ring (bicyclic) bond motifs is 1. The predicted molar refractivity (Wildman–Crippen MR) is 47.6 cm³/mol. The Morgan fingerprint density at radius 3 is 2.55 bits per heavy atom. The van der Waals surface area contributed by atoms with Crippen LogP contribution in [0.3, 0.4) is 0 Å². The molecule has 2 heteroatoms. The average molecular weight is 148 g/mol. The van der Waals surface area contributed by atoms with Gasteiger partial charge in [0, 0.05) is 0 Å². The molecule has 0 radical (unpaired) electrons. The van der Waals surface area contributed by atoms with Crippen LogP contribution in [0.4, 0.5) is 0 Å². The summed E-state index contributed by atoms with van der Waals surface area (Å²) in [6.45, 7) is 0. The molecule has 0 bridgehead atoms. The fraction of sp³-hybridized carbons (Fsp3) is 0.111. The van der Waals surface area contributed by atoms with Crippen molar-refractivity contribution in [3.8, 4) is 0 Å². The molecule has 0 heterocycles. The zero-order valence-corrected chi connectivity index (χ0v) is 6.33. The fourth-order valence-electron chi connectivity index (χ4n) is 1.20. The predicted octanol–water partition coefficient (Wildman–Crippen LogP) is 1.07. The highest BCUT2D eigenvalue weighted by molar-refractivity contribution is 5.59. The molecular weight excluding hydrogens is 136 g/mol. The van der Waals surface area contributed by atoms with E-state index in [0.717, 1.165) is 6.42 Å². The molecule has 0 saturated heterocycles. The van der Waals surface area contributed by atoms with E-state index in [0.29, 0.717) is 0 Å². The highest BCUT2D eigenvalue weighted by Gasteiger charge is 2.00. The van der Waals surface area contributed by atoms with Crippen LogP contribution in [-0.2, 0) is 6.42 Å². The van der Waals surface area contributed by atoms with Gasteiger partial charge in [-0.15, -0.1) is 0 Å². The van der Waals surface area contributed by atoms with E-state index >= 15 is 0 Å². The van der Waals surface area contributed by atoms with Gasteiger partial charge in [0.25, 0.3) is 0 Å². The van der Waals surface area contributed by atoms with Crippen LogP contribution in [0.1, 0.15) is 11.1 Å².